The van der Waals surface area contributed by atoms with E-state index >= 15 is 0 Å². The van der Waals surface area contributed by atoms with Gasteiger partial charge in [0.05, 0.1) is 12.0 Å². The third-order valence-electron chi connectivity index (χ3n) is 3.80. The van der Waals surface area contributed by atoms with Crippen molar-refractivity contribution in [3.05, 3.63) is 52.4 Å². The van der Waals surface area contributed by atoms with Crippen LogP contribution in [-0.2, 0) is 13.0 Å². The quantitative estimate of drug-likeness (QED) is 0.705. The number of ether oxygens (including phenoxy) is 1. The van der Waals surface area contributed by atoms with Crippen molar-refractivity contribution < 1.29 is 14.1 Å². The normalized spacial score (nSPS) is 10.6. The molecule has 0 aliphatic heterocycles. The van der Waals surface area contributed by atoms with Crippen LogP contribution in [0.2, 0.25) is 0 Å². The second kappa shape index (κ2) is 7.40. The van der Waals surface area contributed by atoms with Crippen LogP contribution in [-0.4, -0.2) is 18.2 Å². The highest BCUT2D eigenvalue weighted by Gasteiger charge is 2.23. The van der Waals surface area contributed by atoms with Gasteiger partial charge in [-0.3, -0.25) is 4.79 Å². The van der Waals surface area contributed by atoms with Crippen molar-refractivity contribution in [1.82, 2.24) is 10.5 Å². The molecule has 0 atom stereocenters. The molecule has 0 saturated carbocycles. The number of nitrogens with zero attached hydrogens (tertiary/aromatic N) is 1. The molecule has 0 aliphatic rings. The highest BCUT2D eigenvalue weighted by Crippen LogP contribution is 2.32. The Kier molecular flexibility index (Phi) is 5.04. The second-order valence-corrected chi connectivity index (χ2v) is 6.59. The van der Waals surface area contributed by atoms with Gasteiger partial charge in [-0.2, -0.15) is 0 Å². The SMILES string of the molecule is CCc1ccc(-c2noc(N)c2C(=O)NCc2ccc(OC)cc2)s1. The van der Waals surface area contributed by atoms with Crippen LogP contribution in [0.25, 0.3) is 10.6 Å². The van der Waals surface area contributed by atoms with Crippen LogP contribution in [0.3, 0.4) is 0 Å². The van der Waals surface area contributed by atoms with Gasteiger partial charge < -0.3 is 20.3 Å². The van der Waals surface area contributed by atoms with Gasteiger partial charge in [0.25, 0.3) is 5.91 Å². The molecule has 25 heavy (non-hydrogen) atoms. The number of hydrogen-bond donors (Lipinski definition) is 2. The van der Waals surface area contributed by atoms with Crippen LogP contribution < -0.4 is 15.8 Å². The highest BCUT2D eigenvalue weighted by molar-refractivity contribution is 7.15. The summed E-state index contributed by atoms with van der Waals surface area (Å²) in [7, 11) is 1.61. The molecule has 6 nitrogen and oxygen atoms in total. The Morgan fingerprint density at radius 1 is 1.28 bits per heavy atom. The van der Waals surface area contributed by atoms with Crippen LogP contribution >= 0.6 is 11.3 Å². The predicted octanol–water partition coefficient (Wildman–Crippen LogP) is 3.49. The Hall–Kier alpha value is -2.80. The zero-order valence-corrected chi connectivity index (χ0v) is 14.9. The van der Waals surface area contributed by atoms with Gasteiger partial charge in [-0.1, -0.05) is 24.2 Å². The number of amides is 1. The molecule has 3 aromatic rings. The summed E-state index contributed by atoms with van der Waals surface area (Å²) in [5.74, 6) is 0.481. The van der Waals surface area contributed by atoms with E-state index in [0.717, 1.165) is 22.6 Å². The number of hydrogen-bond acceptors (Lipinski definition) is 6. The van der Waals surface area contributed by atoms with Crippen molar-refractivity contribution >= 4 is 23.1 Å². The topological polar surface area (TPSA) is 90.4 Å². The molecule has 2 aromatic heterocycles. The van der Waals surface area contributed by atoms with Crippen molar-refractivity contribution in [3.63, 3.8) is 0 Å². The van der Waals surface area contributed by atoms with E-state index in [1.807, 2.05) is 36.4 Å². The monoisotopic (exact) mass is 357 g/mol. The maximum atomic E-state index is 12.6. The summed E-state index contributed by atoms with van der Waals surface area (Å²) < 4.78 is 10.2. The lowest BCUT2D eigenvalue weighted by atomic mass is 10.1. The van der Waals surface area contributed by atoms with Crippen LogP contribution in [0.5, 0.6) is 5.75 Å². The van der Waals surface area contributed by atoms with Crippen molar-refractivity contribution in [2.75, 3.05) is 12.8 Å². The lowest BCUT2D eigenvalue weighted by Gasteiger charge is -2.06. The summed E-state index contributed by atoms with van der Waals surface area (Å²) in [6, 6.07) is 11.4. The Labute approximate surface area is 149 Å². The third kappa shape index (κ3) is 3.66. The van der Waals surface area contributed by atoms with Crippen molar-refractivity contribution in [2.24, 2.45) is 0 Å². The third-order valence-corrected chi connectivity index (χ3v) is 5.04. The van der Waals surface area contributed by atoms with Gasteiger partial charge in [0.15, 0.2) is 0 Å². The van der Waals surface area contributed by atoms with E-state index in [4.69, 9.17) is 15.0 Å². The van der Waals surface area contributed by atoms with Gasteiger partial charge in [-0.25, -0.2) is 0 Å². The van der Waals surface area contributed by atoms with E-state index in [-0.39, 0.29) is 17.4 Å². The summed E-state index contributed by atoms with van der Waals surface area (Å²) in [4.78, 5) is 14.7. The van der Waals surface area contributed by atoms with Crippen LogP contribution in [0.1, 0.15) is 27.7 Å². The van der Waals surface area contributed by atoms with Gasteiger partial charge in [0, 0.05) is 11.4 Å². The van der Waals surface area contributed by atoms with Gasteiger partial charge in [-0.15, -0.1) is 11.3 Å². The zero-order chi connectivity index (χ0) is 17.8. The smallest absolute Gasteiger partial charge is 0.259 e. The standard InChI is InChI=1S/C18H19N3O3S/c1-3-13-8-9-14(25-13)16-15(17(19)24-21-16)18(22)20-10-11-4-6-12(23-2)7-5-11/h4-9H,3,10,19H2,1-2H3,(H,20,22). The van der Waals surface area contributed by atoms with Gasteiger partial charge in [-0.05, 0) is 36.2 Å². The number of aromatic nitrogens is 1. The first-order chi connectivity index (χ1) is 12.1. The minimum Gasteiger partial charge on any atom is -0.497 e. The molecule has 0 fully saturated rings. The largest absolute Gasteiger partial charge is 0.497 e. The molecule has 0 unspecified atom stereocenters. The molecule has 3 rings (SSSR count). The highest BCUT2D eigenvalue weighted by atomic mass is 32.1. The molecular formula is C18H19N3O3S. The first kappa shape index (κ1) is 17.0. The number of nitrogens with one attached hydrogen (secondary N) is 1. The molecule has 0 spiro atoms. The maximum Gasteiger partial charge on any atom is 0.259 e. The molecule has 3 N–H and O–H groups in total. The number of rotatable bonds is 6. The van der Waals surface area contributed by atoms with Gasteiger partial charge in [0.1, 0.15) is 17.0 Å². The average Bonchev–Trinajstić information content (AvgIpc) is 3.26. The number of anilines is 1. The lowest BCUT2D eigenvalue weighted by Crippen LogP contribution is -2.23. The number of benzene rings is 1. The number of thiophene rings is 1. The maximum absolute atomic E-state index is 12.6. The summed E-state index contributed by atoms with van der Waals surface area (Å²) in [5.41, 5.74) is 7.53. The fraction of sp³-hybridized carbons (Fsp3) is 0.222. The Morgan fingerprint density at radius 3 is 2.68 bits per heavy atom. The number of nitrogen functional groups attached to an aromatic ring is 1. The molecule has 7 heteroatoms. The molecule has 2 heterocycles. The van der Waals surface area contributed by atoms with E-state index in [9.17, 15) is 4.79 Å². The van der Waals surface area contributed by atoms with Crippen LogP contribution in [0.4, 0.5) is 5.88 Å². The van der Waals surface area contributed by atoms with E-state index in [1.165, 1.54) is 4.88 Å². The minimum atomic E-state index is -0.309. The summed E-state index contributed by atoms with van der Waals surface area (Å²) in [6.07, 6.45) is 0.928. The molecule has 1 amide bonds. The van der Waals surface area contributed by atoms with Crippen molar-refractivity contribution in [3.8, 4) is 16.3 Å². The molecule has 0 aliphatic carbocycles. The number of carbonyl (C=O) groups is 1. The van der Waals surface area contributed by atoms with Crippen molar-refractivity contribution in [1.29, 1.82) is 0 Å². The fourth-order valence-corrected chi connectivity index (χ4v) is 3.33. The number of nitrogens with two attached hydrogens (primary N) is 1. The Bertz CT molecular complexity index is 868. The van der Waals surface area contributed by atoms with E-state index in [1.54, 1.807) is 18.4 Å². The lowest BCUT2D eigenvalue weighted by molar-refractivity contribution is 0.0952. The van der Waals surface area contributed by atoms with Gasteiger partial charge >= 0.3 is 0 Å². The molecule has 0 radical (unpaired) electrons. The summed E-state index contributed by atoms with van der Waals surface area (Å²) >= 11 is 1.58. The number of carbonyl (C=O) groups excluding carboxylic acids is 1. The summed E-state index contributed by atoms with van der Waals surface area (Å²) in [6.45, 7) is 2.45. The van der Waals surface area contributed by atoms with Crippen LogP contribution in [0, 0.1) is 0 Å². The van der Waals surface area contributed by atoms with Crippen LogP contribution in [0.15, 0.2) is 40.9 Å². The van der Waals surface area contributed by atoms with E-state index < -0.39 is 0 Å². The Balaban J connectivity index is 1.76. The summed E-state index contributed by atoms with van der Waals surface area (Å²) in [5, 5.41) is 6.82. The van der Waals surface area contributed by atoms with Gasteiger partial charge in [0.2, 0.25) is 5.88 Å². The van der Waals surface area contributed by atoms with Crippen molar-refractivity contribution in [2.45, 2.75) is 19.9 Å². The molecule has 0 saturated heterocycles. The number of aryl methyl sites for hydroxylation is 1. The first-order valence-corrected chi connectivity index (χ1v) is 8.69. The molecule has 1 aromatic carbocycles. The fourth-order valence-electron chi connectivity index (χ4n) is 2.40. The predicted molar refractivity (Wildman–Crippen MR) is 97.8 cm³/mol. The minimum absolute atomic E-state index is 0.0219. The van der Waals surface area contributed by atoms with E-state index in [0.29, 0.717) is 12.2 Å². The zero-order valence-electron chi connectivity index (χ0n) is 14.0. The number of methoxy groups -OCH3 is 1. The Morgan fingerprint density at radius 2 is 2.04 bits per heavy atom. The first-order valence-electron chi connectivity index (χ1n) is 7.87. The van der Waals surface area contributed by atoms with E-state index in [2.05, 4.69) is 17.4 Å². The second-order valence-electron chi connectivity index (χ2n) is 5.42. The molecular weight excluding hydrogens is 338 g/mol. The average molecular weight is 357 g/mol. The molecule has 0 bridgehead atoms. The molecule has 130 valence electrons.